The van der Waals surface area contributed by atoms with E-state index in [4.69, 9.17) is 0 Å². The predicted molar refractivity (Wildman–Crippen MR) is 123 cm³/mol. The maximum absolute atomic E-state index is 14.6. The minimum atomic E-state index is -0.220. The van der Waals surface area contributed by atoms with E-state index >= 15 is 0 Å². The van der Waals surface area contributed by atoms with Crippen LogP contribution in [0.1, 0.15) is 46.6 Å². The second-order valence-electron chi connectivity index (χ2n) is 7.27. The summed E-state index contributed by atoms with van der Waals surface area (Å²) in [6.07, 6.45) is 6.86. The van der Waals surface area contributed by atoms with Gasteiger partial charge in [0.25, 0.3) is 0 Å². The van der Waals surface area contributed by atoms with Crippen molar-refractivity contribution in [1.82, 2.24) is 9.80 Å². The van der Waals surface area contributed by atoms with Crippen LogP contribution < -0.4 is 0 Å². The first kappa shape index (κ1) is 22.7. The van der Waals surface area contributed by atoms with Crippen molar-refractivity contribution in [1.29, 1.82) is 0 Å². The average Bonchev–Trinajstić information content (AvgIpc) is 2.72. The second kappa shape index (κ2) is 10.8. The Hall–Kier alpha value is -2.62. The summed E-state index contributed by atoms with van der Waals surface area (Å²) in [4.78, 5) is 9.27. The Kier molecular flexibility index (Phi) is 8.44. The van der Waals surface area contributed by atoms with Crippen LogP contribution >= 0.6 is 0 Å². The molecule has 4 heteroatoms. The van der Waals surface area contributed by atoms with Crippen LogP contribution in [-0.4, -0.2) is 41.7 Å². The minimum Gasteiger partial charge on any atom is -0.372 e. The lowest BCUT2D eigenvalue weighted by Crippen LogP contribution is -2.45. The van der Waals surface area contributed by atoms with Crippen molar-refractivity contribution in [3.8, 4) is 0 Å². The zero-order valence-electron chi connectivity index (χ0n) is 18.5. The van der Waals surface area contributed by atoms with Gasteiger partial charge in [0.2, 0.25) is 0 Å². The van der Waals surface area contributed by atoms with Crippen molar-refractivity contribution in [2.75, 3.05) is 26.2 Å². The largest absolute Gasteiger partial charge is 0.372 e. The zero-order valence-corrected chi connectivity index (χ0v) is 18.5. The molecule has 0 aliphatic carbocycles. The van der Waals surface area contributed by atoms with Gasteiger partial charge in [-0.15, -0.1) is 0 Å². The Morgan fingerprint density at radius 1 is 1.10 bits per heavy atom. The van der Waals surface area contributed by atoms with Gasteiger partial charge in [0.05, 0.1) is 0 Å². The molecule has 1 saturated heterocycles. The molecule has 0 N–H and O–H groups in total. The van der Waals surface area contributed by atoms with E-state index < -0.39 is 0 Å². The number of rotatable bonds is 7. The van der Waals surface area contributed by atoms with Gasteiger partial charge < -0.3 is 9.80 Å². The molecule has 3 nitrogen and oxygen atoms in total. The van der Waals surface area contributed by atoms with Crippen molar-refractivity contribution in [3.63, 3.8) is 0 Å². The van der Waals surface area contributed by atoms with Gasteiger partial charge in [0.1, 0.15) is 5.82 Å². The second-order valence-corrected chi connectivity index (χ2v) is 7.27. The summed E-state index contributed by atoms with van der Waals surface area (Å²) in [6.45, 7) is 18.0. The molecule has 2 rings (SSSR count). The standard InChI is InChI=1S/C25H34FN3/c1-7-12-19(4)28-15-17-29(18-16-28)21(6)25(20(5)27-9-3)22(8-2)23-13-10-11-14-24(23)26/h8-14H,3,7,15-18H2,1-2,4-6H3/b19-12-,22-8-,25-21-,27-20?. The third kappa shape index (κ3) is 5.47. The number of hydrogen-bond acceptors (Lipinski definition) is 3. The van der Waals surface area contributed by atoms with Gasteiger partial charge in [0.15, 0.2) is 0 Å². The van der Waals surface area contributed by atoms with Crippen LogP contribution in [0.5, 0.6) is 0 Å². The van der Waals surface area contributed by atoms with Gasteiger partial charge in [0, 0.05) is 60.6 Å². The maximum Gasteiger partial charge on any atom is 0.131 e. The number of allylic oxidation sites excluding steroid dienone is 6. The number of benzene rings is 1. The highest BCUT2D eigenvalue weighted by Gasteiger charge is 2.23. The van der Waals surface area contributed by atoms with Crippen molar-refractivity contribution in [2.45, 2.75) is 41.0 Å². The van der Waals surface area contributed by atoms with Crippen LogP contribution in [0.4, 0.5) is 4.39 Å². The molecule has 0 unspecified atom stereocenters. The summed E-state index contributed by atoms with van der Waals surface area (Å²) < 4.78 is 14.6. The van der Waals surface area contributed by atoms with Crippen molar-refractivity contribution in [2.24, 2.45) is 4.99 Å². The SMILES string of the molecule is C=CN=C(C)C(/C(=C\C)c1ccccc1F)=C(\C)N1CCN(/C(C)=C\CC)CC1. The summed E-state index contributed by atoms with van der Waals surface area (Å²) in [6, 6.07) is 6.93. The van der Waals surface area contributed by atoms with E-state index in [1.807, 2.05) is 32.1 Å². The molecule has 1 aromatic carbocycles. The smallest absolute Gasteiger partial charge is 0.131 e. The fraction of sp³-hybridized carbons (Fsp3) is 0.400. The Labute approximate surface area is 175 Å². The Bertz CT molecular complexity index is 837. The van der Waals surface area contributed by atoms with E-state index in [0.717, 1.165) is 55.2 Å². The van der Waals surface area contributed by atoms with Crippen molar-refractivity contribution >= 4 is 11.3 Å². The number of halogens is 1. The molecule has 1 heterocycles. The molecule has 156 valence electrons. The summed E-state index contributed by atoms with van der Waals surface area (Å²) in [5.41, 5.74) is 5.77. The lowest BCUT2D eigenvalue weighted by atomic mass is 9.92. The first-order valence-electron chi connectivity index (χ1n) is 10.4. The van der Waals surface area contributed by atoms with Crippen LogP contribution in [0, 0.1) is 5.82 Å². The number of hydrogen-bond donors (Lipinski definition) is 0. The van der Waals surface area contributed by atoms with E-state index in [1.54, 1.807) is 12.3 Å². The van der Waals surface area contributed by atoms with Crippen LogP contribution in [0.2, 0.25) is 0 Å². The molecule has 0 spiro atoms. The molecule has 29 heavy (non-hydrogen) atoms. The van der Waals surface area contributed by atoms with Gasteiger partial charge in [-0.25, -0.2) is 4.39 Å². The molecule has 0 saturated carbocycles. The molecule has 1 aliphatic rings. The zero-order chi connectivity index (χ0) is 21.4. The van der Waals surface area contributed by atoms with Gasteiger partial charge >= 0.3 is 0 Å². The predicted octanol–water partition coefficient (Wildman–Crippen LogP) is 6.04. The normalized spacial score (nSPS) is 17.4. The first-order chi connectivity index (χ1) is 13.9. The third-order valence-corrected chi connectivity index (χ3v) is 5.48. The summed E-state index contributed by atoms with van der Waals surface area (Å²) in [5.74, 6) is -0.220. The molecule has 1 aliphatic heterocycles. The molecule has 0 radical (unpaired) electrons. The van der Waals surface area contributed by atoms with Gasteiger partial charge in [-0.1, -0.05) is 43.9 Å². The Balaban J connectivity index is 2.43. The highest BCUT2D eigenvalue weighted by molar-refractivity contribution is 6.12. The van der Waals surface area contributed by atoms with Gasteiger partial charge in [-0.3, -0.25) is 4.99 Å². The summed E-state index contributed by atoms with van der Waals surface area (Å²) in [5, 5.41) is 0. The summed E-state index contributed by atoms with van der Waals surface area (Å²) >= 11 is 0. The van der Waals surface area contributed by atoms with E-state index in [0.29, 0.717) is 5.56 Å². The fourth-order valence-electron chi connectivity index (χ4n) is 3.94. The molecule has 0 aromatic heterocycles. The molecular weight excluding hydrogens is 361 g/mol. The van der Waals surface area contributed by atoms with Gasteiger partial charge in [-0.2, -0.15) is 0 Å². The Morgan fingerprint density at radius 2 is 1.72 bits per heavy atom. The number of piperazine rings is 1. The summed E-state index contributed by atoms with van der Waals surface area (Å²) in [7, 11) is 0. The van der Waals surface area contributed by atoms with E-state index in [1.165, 1.54) is 11.8 Å². The van der Waals surface area contributed by atoms with Crippen molar-refractivity contribution < 1.29 is 4.39 Å². The monoisotopic (exact) mass is 395 g/mol. The molecule has 0 atom stereocenters. The fourth-order valence-corrected chi connectivity index (χ4v) is 3.94. The van der Waals surface area contributed by atoms with E-state index in [2.05, 4.69) is 48.2 Å². The quantitative estimate of drug-likeness (QED) is 0.414. The highest BCUT2D eigenvalue weighted by Crippen LogP contribution is 2.31. The molecule has 0 bridgehead atoms. The number of nitrogens with zero attached hydrogens (tertiary/aromatic N) is 3. The molecular formula is C25H34FN3. The lowest BCUT2D eigenvalue weighted by Gasteiger charge is -2.39. The third-order valence-electron chi connectivity index (χ3n) is 5.48. The lowest BCUT2D eigenvalue weighted by molar-refractivity contribution is 0.191. The maximum atomic E-state index is 14.6. The first-order valence-corrected chi connectivity index (χ1v) is 10.4. The average molecular weight is 396 g/mol. The van der Waals surface area contributed by atoms with Crippen LogP contribution in [0.15, 0.2) is 71.2 Å². The molecule has 1 fully saturated rings. The van der Waals surface area contributed by atoms with Crippen LogP contribution in [-0.2, 0) is 0 Å². The molecule has 1 aromatic rings. The topological polar surface area (TPSA) is 18.8 Å². The van der Waals surface area contributed by atoms with Crippen LogP contribution in [0.3, 0.4) is 0 Å². The Morgan fingerprint density at radius 3 is 2.28 bits per heavy atom. The molecule has 0 amide bonds. The van der Waals surface area contributed by atoms with Crippen molar-refractivity contribution in [3.05, 3.63) is 77.5 Å². The highest BCUT2D eigenvalue weighted by atomic mass is 19.1. The van der Waals surface area contributed by atoms with Gasteiger partial charge in [-0.05, 0) is 45.8 Å². The van der Waals surface area contributed by atoms with Crippen LogP contribution in [0.25, 0.3) is 5.57 Å². The van der Waals surface area contributed by atoms with E-state index in [9.17, 15) is 4.39 Å². The number of aliphatic imine (C=N–C) groups is 1. The minimum absolute atomic E-state index is 0.220. The van der Waals surface area contributed by atoms with E-state index in [-0.39, 0.29) is 5.82 Å².